The second kappa shape index (κ2) is 11.7. The van der Waals surface area contributed by atoms with Crippen LogP contribution >= 0.6 is 23.2 Å². The van der Waals surface area contributed by atoms with Crippen LogP contribution in [0, 0.1) is 0 Å². The molecule has 1 aliphatic heterocycles. The van der Waals surface area contributed by atoms with E-state index in [1.165, 1.54) is 15.6 Å². The molecule has 3 aromatic rings. The Bertz CT molecular complexity index is 1220. The summed E-state index contributed by atoms with van der Waals surface area (Å²) < 4.78 is 6.70. The van der Waals surface area contributed by atoms with Crippen molar-refractivity contribution in [2.75, 3.05) is 44.3 Å². The van der Waals surface area contributed by atoms with Crippen molar-refractivity contribution in [3.8, 4) is 11.3 Å². The van der Waals surface area contributed by atoms with Crippen LogP contribution < -0.4 is 10.5 Å². The minimum atomic E-state index is -1.01. The van der Waals surface area contributed by atoms with E-state index in [-0.39, 0.29) is 12.1 Å². The highest BCUT2D eigenvalue weighted by Crippen LogP contribution is 2.25. The normalized spacial score (nSPS) is 14.1. The average molecular weight is 517 g/mol. The maximum absolute atomic E-state index is 12.5. The van der Waals surface area contributed by atoms with Crippen LogP contribution in [0.5, 0.6) is 0 Å². The highest BCUT2D eigenvalue weighted by atomic mass is 35.5. The van der Waals surface area contributed by atoms with E-state index in [2.05, 4.69) is 10.00 Å². The number of hydrogen-bond acceptors (Lipinski definition) is 5. The Morgan fingerprint density at radius 3 is 2.51 bits per heavy atom. The molecule has 1 aromatic heterocycles. The second-order valence-corrected chi connectivity index (χ2v) is 9.16. The standard InChI is InChI=1S/C25H26Cl2N4O4/c26-20-14-19(15-21(27)16-20)23-5-6-24(32)31(28-23)17-18-3-1-4-22(13-18)30(25(33)34)8-2-7-29-9-11-35-12-10-29/h1,3-6,13-16H,2,7-12,17H2,(H,33,34). The first kappa shape index (κ1) is 25.2. The number of ether oxygens (including phenoxy) is 1. The van der Waals surface area contributed by atoms with Crippen LogP contribution in [0.2, 0.25) is 10.0 Å². The first-order chi connectivity index (χ1) is 16.9. The molecule has 10 heteroatoms. The van der Waals surface area contributed by atoms with Gasteiger partial charge in [0.2, 0.25) is 0 Å². The van der Waals surface area contributed by atoms with Gasteiger partial charge in [0.25, 0.3) is 5.56 Å². The molecule has 1 saturated heterocycles. The lowest BCUT2D eigenvalue weighted by molar-refractivity contribution is 0.0376. The summed E-state index contributed by atoms with van der Waals surface area (Å²) in [6.45, 7) is 4.53. The lowest BCUT2D eigenvalue weighted by atomic mass is 10.1. The Morgan fingerprint density at radius 2 is 1.80 bits per heavy atom. The summed E-state index contributed by atoms with van der Waals surface area (Å²) >= 11 is 12.2. The van der Waals surface area contributed by atoms with E-state index in [1.54, 1.807) is 42.5 Å². The third-order valence-electron chi connectivity index (χ3n) is 5.77. The average Bonchev–Trinajstić information content (AvgIpc) is 2.83. The van der Waals surface area contributed by atoms with Gasteiger partial charge in [0, 0.05) is 53.5 Å². The van der Waals surface area contributed by atoms with Crippen LogP contribution in [0.1, 0.15) is 12.0 Å². The van der Waals surface area contributed by atoms with Crippen molar-refractivity contribution in [2.24, 2.45) is 0 Å². The summed E-state index contributed by atoms with van der Waals surface area (Å²) in [6, 6.07) is 15.3. The minimum Gasteiger partial charge on any atom is -0.465 e. The van der Waals surface area contributed by atoms with Crippen molar-refractivity contribution in [3.05, 3.63) is 80.6 Å². The summed E-state index contributed by atoms with van der Waals surface area (Å²) in [5.74, 6) is 0. The van der Waals surface area contributed by atoms with Gasteiger partial charge in [-0.2, -0.15) is 5.10 Å². The molecule has 0 unspecified atom stereocenters. The van der Waals surface area contributed by atoms with Gasteiger partial charge in [-0.05, 0) is 48.4 Å². The number of morpholine rings is 1. The van der Waals surface area contributed by atoms with E-state index in [9.17, 15) is 14.7 Å². The molecule has 1 N–H and O–H groups in total. The minimum absolute atomic E-state index is 0.191. The summed E-state index contributed by atoms with van der Waals surface area (Å²) in [4.78, 5) is 28.1. The molecule has 8 nitrogen and oxygen atoms in total. The highest BCUT2D eigenvalue weighted by molar-refractivity contribution is 6.35. The van der Waals surface area contributed by atoms with Crippen LogP contribution in [0.4, 0.5) is 10.5 Å². The first-order valence-electron chi connectivity index (χ1n) is 11.3. The van der Waals surface area contributed by atoms with E-state index in [4.69, 9.17) is 27.9 Å². The van der Waals surface area contributed by atoms with Gasteiger partial charge in [0.15, 0.2) is 0 Å². The SMILES string of the molecule is O=C(O)N(CCCN1CCOCC1)c1cccc(Cn2nc(-c3cc(Cl)cc(Cl)c3)ccc2=O)c1. The van der Waals surface area contributed by atoms with Crippen molar-refractivity contribution >= 4 is 35.0 Å². The van der Waals surface area contributed by atoms with E-state index in [1.807, 2.05) is 6.07 Å². The van der Waals surface area contributed by atoms with Crippen molar-refractivity contribution in [2.45, 2.75) is 13.0 Å². The molecule has 0 aliphatic carbocycles. The number of aromatic nitrogens is 2. The van der Waals surface area contributed by atoms with E-state index in [0.29, 0.717) is 53.2 Å². The zero-order valence-corrected chi connectivity index (χ0v) is 20.6. The Balaban J connectivity index is 1.50. The maximum atomic E-state index is 12.5. The van der Waals surface area contributed by atoms with E-state index >= 15 is 0 Å². The maximum Gasteiger partial charge on any atom is 0.411 e. The van der Waals surface area contributed by atoms with Crippen molar-refractivity contribution in [1.29, 1.82) is 0 Å². The summed E-state index contributed by atoms with van der Waals surface area (Å²) in [5.41, 5.74) is 2.30. The monoisotopic (exact) mass is 516 g/mol. The van der Waals surface area contributed by atoms with Gasteiger partial charge in [0.1, 0.15) is 0 Å². The number of halogens is 2. The van der Waals surface area contributed by atoms with Crippen molar-refractivity contribution in [3.63, 3.8) is 0 Å². The number of amides is 1. The molecule has 0 atom stereocenters. The zero-order valence-electron chi connectivity index (χ0n) is 19.1. The third-order valence-corrected chi connectivity index (χ3v) is 6.21. The predicted octanol–water partition coefficient (Wildman–Crippen LogP) is 4.47. The number of benzene rings is 2. The van der Waals surface area contributed by atoms with Gasteiger partial charge in [0.05, 0.1) is 25.5 Å². The summed E-state index contributed by atoms with van der Waals surface area (Å²) in [6.07, 6.45) is -0.304. The number of rotatable bonds is 8. The second-order valence-electron chi connectivity index (χ2n) is 8.28. The van der Waals surface area contributed by atoms with Crippen LogP contribution in [0.15, 0.2) is 59.4 Å². The first-order valence-corrected chi connectivity index (χ1v) is 12.1. The third kappa shape index (κ3) is 6.82. The summed E-state index contributed by atoms with van der Waals surface area (Å²) in [5, 5.41) is 15.2. The molecule has 184 valence electrons. The number of nitrogens with zero attached hydrogens (tertiary/aromatic N) is 4. The molecule has 0 radical (unpaired) electrons. The van der Waals surface area contributed by atoms with Gasteiger partial charge in [-0.25, -0.2) is 9.48 Å². The lowest BCUT2D eigenvalue weighted by Crippen LogP contribution is -2.39. The molecule has 1 amide bonds. The molecule has 1 aliphatic rings. The fourth-order valence-corrected chi connectivity index (χ4v) is 4.55. The molecular weight excluding hydrogens is 491 g/mol. The number of carbonyl (C=O) groups is 1. The van der Waals surface area contributed by atoms with Crippen LogP contribution in [0.25, 0.3) is 11.3 Å². The van der Waals surface area contributed by atoms with Gasteiger partial charge in [-0.1, -0.05) is 35.3 Å². The molecule has 0 bridgehead atoms. The molecule has 2 aromatic carbocycles. The smallest absolute Gasteiger partial charge is 0.411 e. The molecule has 4 rings (SSSR count). The Kier molecular flexibility index (Phi) is 8.41. The topological polar surface area (TPSA) is 87.9 Å². The van der Waals surface area contributed by atoms with E-state index < -0.39 is 6.09 Å². The molecule has 0 spiro atoms. The van der Waals surface area contributed by atoms with Crippen LogP contribution in [-0.2, 0) is 11.3 Å². The fraction of sp³-hybridized carbons (Fsp3) is 0.320. The van der Waals surface area contributed by atoms with Gasteiger partial charge < -0.3 is 9.84 Å². The number of hydrogen-bond donors (Lipinski definition) is 1. The van der Waals surface area contributed by atoms with E-state index in [0.717, 1.165) is 25.2 Å². The molecule has 2 heterocycles. The highest BCUT2D eigenvalue weighted by Gasteiger charge is 2.17. The largest absolute Gasteiger partial charge is 0.465 e. The predicted molar refractivity (Wildman–Crippen MR) is 137 cm³/mol. The van der Waals surface area contributed by atoms with Crippen LogP contribution in [0.3, 0.4) is 0 Å². The Labute approximate surface area is 213 Å². The fourth-order valence-electron chi connectivity index (χ4n) is 4.03. The van der Waals surface area contributed by atoms with Gasteiger partial charge in [-0.3, -0.25) is 14.6 Å². The summed E-state index contributed by atoms with van der Waals surface area (Å²) in [7, 11) is 0. The van der Waals surface area contributed by atoms with Gasteiger partial charge >= 0.3 is 6.09 Å². The Hall–Kier alpha value is -2.91. The molecule has 35 heavy (non-hydrogen) atoms. The molecule has 0 saturated carbocycles. The Morgan fingerprint density at radius 1 is 1.06 bits per heavy atom. The number of carboxylic acid groups (broad SMARTS) is 1. The lowest BCUT2D eigenvalue weighted by Gasteiger charge is -2.27. The van der Waals surface area contributed by atoms with Crippen molar-refractivity contribution < 1.29 is 14.6 Å². The van der Waals surface area contributed by atoms with Crippen LogP contribution in [-0.4, -0.2) is 65.3 Å². The van der Waals surface area contributed by atoms with Crippen molar-refractivity contribution in [1.82, 2.24) is 14.7 Å². The molecular formula is C25H26Cl2N4O4. The number of anilines is 1. The molecule has 1 fully saturated rings. The zero-order chi connectivity index (χ0) is 24.8. The van der Waals surface area contributed by atoms with Gasteiger partial charge in [-0.15, -0.1) is 0 Å². The quantitative estimate of drug-likeness (QED) is 0.475.